The Morgan fingerprint density at radius 2 is 1.53 bits per heavy atom. The zero-order valence-corrected chi connectivity index (χ0v) is 32.3. The molecule has 7 unspecified atom stereocenters. The van der Waals surface area contributed by atoms with E-state index in [1.165, 1.54) is 10.6 Å². The van der Waals surface area contributed by atoms with Crippen LogP contribution in [-0.2, 0) is 55.7 Å². The zero-order valence-electron chi connectivity index (χ0n) is 30.5. The number of hydrogen-bond donors (Lipinski definition) is 10. The number of amides is 1. The van der Waals surface area contributed by atoms with Crippen LogP contribution in [0.15, 0.2) is 22.3 Å². The number of aliphatic hydroxyl groups is 5. The molecule has 0 aromatic carbocycles. The van der Waals surface area contributed by atoms with Gasteiger partial charge in [0.2, 0.25) is 5.91 Å². The predicted octanol–water partition coefficient (Wildman–Crippen LogP) is -3.13. The van der Waals surface area contributed by atoms with E-state index in [1.807, 2.05) is 0 Å². The van der Waals surface area contributed by atoms with E-state index in [4.69, 9.17) is 44.2 Å². The van der Waals surface area contributed by atoms with Gasteiger partial charge >= 0.3 is 15.6 Å². The number of nitrogens with two attached hydrogens (primary N) is 1. The number of hydrogen-bond acceptors (Lipinski definition) is 21. The van der Waals surface area contributed by atoms with Gasteiger partial charge in [-0.2, -0.15) is 4.31 Å². The number of imidazole rings is 1. The number of nitrogen functional groups attached to an aromatic ring is 1. The lowest BCUT2D eigenvalue weighted by Gasteiger charge is -2.40. The Balaban J connectivity index is 1.15. The number of carbonyl (C=O) groups excluding carboxylic acids is 1. The van der Waals surface area contributed by atoms with E-state index in [9.17, 15) is 54.0 Å². The number of ether oxygens (including phenoxy) is 6. The van der Waals surface area contributed by atoms with Crippen molar-refractivity contribution in [3.05, 3.63) is 33.2 Å². The van der Waals surface area contributed by atoms with Crippen LogP contribution in [0.5, 0.6) is 0 Å². The van der Waals surface area contributed by atoms with Crippen LogP contribution in [0.4, 0.5) is 5.82 Å². The van der Waals surface area contributed by atoms with Gasteiger partial charge in [-0.3, -0.25) is 18.6 Å². The molecule has 2 fully saturated rings. The molecule has 0 saturated carbocycles. The summed E-state index contributed by atoms with van der Waals surface area (Å²) >= 11 is 0. The van der Waals surface area contributed by atoms with Crippen LogP contribution in [0, 0.1) is 0 Å². The molecule has 1 amide bonds. The van der Waals surface area contributed by atoms with Crippen molar-refractivity contribution >= 4 is 38.4 Å². The number of fused-ring (bicyclic) bond motifs is 1. The minimum atomic E-state index is -5.71. The van der Waals surface area contributed by atoms with Crippen LogP contribution in [0.1, 0.15) is 12.6 Å². The highest BCUT2D eigenvalue weighted by atomic mass is 31.3. The normalized spacial score (nSPS) is 28.2. The maximum atomic E-state index is 12.7. The molecule has 11 atom stereocenters. The minimum absolute atomic E-state index is 0.0268. The summed E-state index contributed by atoms with van der Waals surface area (Å²) in [6.45, 7) is 0.602. The monoisotopic (exact) mass is 876 g/mol. The van der Waals surface area contributed by atoms with Gasteiger partial charge in [-0.05, 0) is 5.53 Å². The number of phosphoric ester groups is 2. The molecule has 0 spiro atoms. The molecule has 11 N–H and O–H groups in total. The lowest BCUT2D eigenvalue weighted by Crippen LogP contribution is -2.60. The van der Waals surface area contributed by atoms with Crippen LogP contribution < -0.4 is 16.6 Å². The number of nitrogens with zero attached hydrogens (tertiary/aromatic N) is 5. The van der Waals surface area contributed by atoms with Crippen molar-refractivity contribution in [2.75, 3.05) is 78.3 Å². The van der Waals surface area contributed by atoms with Gasteiger partial charge in [-0.15, -0.1) is 0 Å². The summed E-state index contributed by atoms with van der Waals surface area (Å²) in [5.41, 5.74) is 13.2. The number of aromatic amines is 1. The van der Waals surface area contributed by atoms with Crippen molar-refractivity contribution < 1.29 is 91.0 Å². The summed E-state index contributed by atoms with van der Waals surface area (Å²) in [5.74, 6) is -0.634. The number of phosphoric acid groups is 2. The van der Waals surface area contributed by atoms with Crippen LogP contribution in [0.3, 0.4) is 0 Å². The molecule has 30 heteroatoms. The Morgan fingerprint density at radius 3 is 2.19 bits per heavy atom. The fourth-order valence-electron chi connectivity index (χ4n) is 5.39. The summed E-state index contributed by atoms with van der Waals surface area (Å²) in [6.07, 6.45) is -15.3. The summed E-state index contributed by atoms with van der Waals surface area (Å²) in [5, 5.41) is 57.8. The molecule has 4 rings (SSSR count). The summed E-state index contributed by atoms with van der Waals surface area (Å²) < 4.78 is 72.1. The molecule has 2 aliphatic rings. The standard InChI is InChI=1S/C28H46N8O20P2/c29-18-11-15-20(26(43)34-18)32-14-36(15)27-24(41)22(39)17(53-27)13-52-57(44,45)56-58(46,47)55-28-25(42)23(40)21(38)16(54-28)12-31-19(37)1-3-48-5-7-50-9-10-51-8-6-49-4-2-33-35-30/h11,14,16-17,21-25,27-28,38-42H,1-10,12-13H2,(H,31,37)(H,44,45)(H,46,47)(H3,29,34,43)/t16?,17-,21-,22?,23?,24?,25?,27-,28-/m1/s1. The number of aliphatic hydroxyl groups excluding tert-OH is 5. The van der Waals surface area contributed by atoms with Crippen molar-refractivity contribution in [1.82, 2.24) is 19.9 Å². The molecule has 4 heterocycles. The van der Waals surface area contributed by atoms with Gasteiger partial charge in [0.05, 0.1) is 71.3 Å². The zero-order chi connectivity index (χ0) is 42.5. The van der Waals surface area contributed by atoms with Crippen LogP contribution in [0.2, 0.25) is 0 Å². The lowest BCUT2D eigenvalue weighted by molar-refractivity contribution is -0.273. The van der Waals surface area contributed by atoms with Gasteiger partial charge in [0, 0.05) is 30.5 Å². The fourth-order valence-corrected chi connectivity index (χ4v) is 7.54. The van der Waals surface area contributed by atoms with Crippen molar-refractivity contribution in [1.29, 1.82) is 0 Å². The van der Waals surface area contributed by atoms with E-state index in [2.05, 4.69) is 34.1 Å². The second-order valence-corrected chi connectivity index (χ2v) is 15.4. The summed E-state index contributed by atoms with van der Waals surface area (Å²) in [7, 11) is -11.3. The quantitative estimate of drug-likeness (QED) is 0.0155. The third-order valence-corrected chi connectivity index (χ3v) is 10.8. The fraction of sp³-hybridized carbons (Fsp3) is 0.750. The maximum absolute atomic E-state index is 12.7. The number of azide groups is 1. The highest BCUT2D eigenvalue weighted by Gasteiger charge is 2.50. The third kappa shape index (κ3) is 14.0. The molecular formula is C28H46N8O20P2. The van der Waals surface area contributed by atoms with Gasteiger partial charge in [-0.1, -0.05) is 5.11 Å². The van der Waals surface area contributed by atoms with E-state index >= 15 is 0 Å². The average Bonchev–Trinajstić information content (AvgIpc) is 3.70. The SMILES string of the molecule is [N-]=[N+]=NCCOCCOCCOCCOCCC(=O)NCC1O[C@H](OP(=O)(O)OP(=O)(O)OC[C@H]2O[C@@H](n3cnc4c(=O)[nH]c(N)cc43)C(O)C2O)C(O)C(O)[C@@H]1O. The maximum Gasteiger partial charge on any atom is 0.483 e. The third-order valence-electron chi connectivity index (χ3n) is 8.21. The summed E-state index contributed by atoms with van der Waals surface area (Å²) in [4.78, 5) is 53.7. The van der Waals surface area contributed by atoms with E-state index in [0.717, 1.165) is 6.33 Å². The molecule has 0 bridgehead atoms. The molecule has 28 nitrogen and oxygen atoms in total. The smallest absolute Gasteiger partial charge is 0.388 e. The lowest BCUT2D eigenvalue weighted by atomic mass is 9.99. The van der Waals surface area contributed by atoms with Gasteiger partial charge in [-0.25, -0.2) is 14.1 Å². The molecule has 328 valence electrons. The second kappa shape index (κ2) is 22.4. The van der Waals surface area contributed by atoms with Gasteiger partial charge < -0.3 is 84.3 Å². The van der Waals surface area contributed by atoms with Crippen molar-refractivity contribution in [3.8, 4) is 0 Å². The van der Waals surface area contributed by atoms with Gasteiger partial charge in [0.25, 0.3) is 5.56 Å². The van der Waals surface area contributed by atoms with Gasteiger partial charge in [0.15, 0.2) is 18.0 Å². The topological polar surface area (TPSA) is 413 Å². The first-order valence-corrected chi connectivity index (χ1v) is 20.4. The average molecular weight is 877 g/mol. The number of rotatable bonds is 25. The number of pyridine rings is 1. The largest absolute Gasteiger partial charge is 0.483 e. The summed E-state index contributed by atoms with van der Waals surface area (Å²) in [6, 6.07) is 1.31. The first-order valence-electron chi connectivity index (χ1n) is 17.4. The Kier molecular flexibility index (Phi) is 18.4. The molecular weight excluding hydrogens is 830 g/mol. The van der Waals surface area contributed by atoms with E-state index in [1.54, 1.807) is 0 Å². The molecule has 58 heavy (non-hydrogen) atoms. The predicted molar refractivity (Wildman–Crippen MR) is 190 cm³/mol. The van der Waals surface area contributed by atoms with E-state index < -0.39 is 95.5 Å². The molecule has 2 aliphatic heterocycles. The number of nitrogens with one attached hydrogen (secondary N) is 2. The first-order chi connectivity index (χ1) is 27.5. The highest BCUT2D eigenvalue weighted by molar-refractivity contribution is 7.61. The van der Waals surface area contributed by atoms with Crippen molar-refractivity contribution in [3.63, 3.8) is 0 Å². The van der Waals surface area contributed by atoms with Crippen LogP contribution in [-0.4, -0.2) is 177 Å². The number of aromatic nitrogens is 3. The Labute approximate surface area is 327 Å². The van der Waals surface area contributed by atoms with E-state index in [-0.39, 0.29) is 56.2 Å². The molecule has 0 radical (unpaired) electrons. The van der Waals surface area contributed by atoms with E-state index in [0.29, 0.717) is 26.4 Å². The van der Waals surface area contributed by atoms with Crippen LogP contribution >= 0.6 is 15.6 Å². The van der Waals surface area contributed by atoms with Gasteiger partial charge in [0.1, 0.15) is 48.5 Å². The number of carbonyl (C=O) groups is 1. The van der Waals surface area contributed by atoms with Crippen molar-refractivity contribution in [2.24, 2.45) is 5.11 Å². The molecule has 2 saturated heterocycles. The molecule has 0 aliphatic carbocycles. The minimum Gasteiger partial charge on any atom is -0.388 e. The highest BCUT2D eigenvalue weighted by Crippen LogP contribution is 2.61. The Hall–Kier alpha value is -3.18. The molecule has 2 aromatic rings. The number of anilines is 1. The second-order valence-electron chi connectivity index (χ2n) is 12.4. The van der Waals surface area contributed by atoms with Crippen molar-refractivity contribution in [2.45, 2.75) is 61.7 Å². The Bertz CT molecular complexity index is 1830. The first kappa shape index (κ1) is 47.5. The Morgan fingerprint density at radius 1 is 0.914 bits per heavy atom. The number of H-pyrrole nitrogens is 1. The molecule has 2 aromatic heterocycles. The van der Waals surface area contributed by atoms with Crippen LogP contribution in [0.25, 0.3) is 21.5 Å².